The van der Waals surface area contributed by atoms with E-state index in [4.69, 9.17) is 23.2 Å². The molecule has 27 heavy (non-hydrogen) atoms. The van der Waals surface area contributed by atoms with Crippen LogP contribution in [0.3, 0.4) is 0 Å². The van der Waals surface area contributed by atoms with Crippen molar-refractivity contribution in [2.75, 3.05) is 11.1 Å². The summed E-state index contributed by atoms with van der Waals surface area (Å²) in [5.74, 6) is -0.0817. The van der Waals surface area contributed by atoms with Crippen molar-refractivity contribution in [3.05, 3.63) is 58.3 Å². The topological polar surface area (TPSA) is 59.8 Å². The van der Waals surface area contributed by atoms with E-state index in [1.165, 1.54) is 17.8 Å². The van der Waals surface area contributed by atoms with Gasteiger partial charge >= 0.3 is 0 Å². The van der Waals surface area contributed by atoms with Crippen LogP contribution in [0.15, 0.2) is 47.6 Å². The summed E-state index contributed by atoms with van der Waals surface area (Å²) in [4.78, 5) is 12.2. The van der Waals surface area contributed by atoms with Crippen LogP contribution in [-0.4, -0.2) is 26.4 Å². The highest BCUT2D eigenvalue weighted by atomic mass is 35.5. The molecule has 0 aliphatic carbocycles. The zero-order valence-corrected chi connectivity index (χ0v) is 16.6. The fourth-order valence-corrected chi connectivity index (χ4v) is 3.69. The van der Waals surface area contributed by atoms with Gasteiger partial charge in [0.15, 0.2) is 11.0 Å². The molecule has 5 nitrogen and oxygen atoms in total. The van der Waals surface area contributed by atoms with Crippen molar-refractivity contribution >= 4 is 46.6 Å². The summed E-state index contributed by atoms with van der Waals surface area (Å²) in [7, 11) is 0. The van der Waals surface area contributed by atoms with Crippen LogP contribution in [0.2, 0.25) is 10.0 Å². The summed E-state index contributed by atoms with van der Waals surface area (Å²) in [5, 5.41) is 12.3. The van der Waals surface area contributed by atoms with Crippen LogP contribution in [0.1, 0.15) is 6.92 Å². The van der Waals surface area contributed by atoms with Crippen LogP contribution < -0.4 is 5.32 Å². The van der Waals surface area contributed by atoms with Gasteiger partial charge in [-0.15, -0.1) is 10.2 Å². The Balaban J connectivity index is 1.71. The first-order valence-electron chi connectivity index (χ1n) is 8.05. The molecule has 0 atom stereocenters. The Labute approximate surface area is 169 Å². The lowest BCUT2D eigenvalue weighted by molar-refractivity contribution is -0.113. The van der Waals surface area contributed by atoms with Crippen LogP contribution in [-0.2, 0) is 11.3 Å². The maximum atomic E-state index is 14.0. The molecule has 1 N–H and O–H groups in total. The summed E-state index contributed by atoms with van der Waals surface area (Å²) in [5.41, 5.74) is 0.853. The SMILES string of the molecule is CCn1c(SCC(=O)Nc2ccc(Cl)cc2Cl)nnc1-c1ccccc1F. The predicted octanol–water partition coefficient (Wildman–Crippen LogP) is 5.14. The Morgan fingerprint density at radius 1 is 1.22 bits per heavy atom. The molecule has 0 aliphatic rings. The highest BCUT2D eigenvalue weighted by Crippen LogP contribution is 2.27. The molecule has 0 fully saturated rings. The van der Waals surface area contributed by atoms with E-state index in [-0.39, 0.29) is 17.5 Å². The highest BCUT2D eigenvalue weighted by Gasteiger charge is 2.17. The third-order valence-electron chi connectivity index (χ3n) is 3.69. The molecule has 2 aromatic carbocycles. The molecule has 1 amide bonds. The van der Waals surface area contributed by atoms with Gasteiger partial charge < -0.3 is 9.88 Å². The monoisotopic (exact) mass is 424 g/mol. The molecule has 1 heterocycles. The van der Waals surface area contributed by atoms with E-state index in [1.54, 1.807) is 41.0 Å². The average molecular weight is 425 g/mol. The maximum Gasteiger partial charge on any atom is 0.234 e. The van der Waals surface area contributed by atoms with Crippen molar-refractivity contribution in [1.29, 1.82) is 0 Å². The molecule has 9 heteroatoms. The zero-order valence-electron chi connectivity index (χ0n) is 14.2. The second-order valence-electron chi connectivity index (χ2n) is 5.49. The van der Waals surface area contributed by atoms with Crippen molar-refractivity contribution < 1.29 is 9.18 Å². The van der Waals surface area contributed by atoms with Crippen LogP contribution in [0.4, 0.5) is 10.1 Å². The normalized spacial score (nSPS) is 10.8. The fourth-order valence-electron chi connectivity index (χ4n) is 2.43. The Morgan fingerprint density at radius 2 is 2.00 bits per heavy atom. The van der Waals surface area contributed by atoms with Crippen molar-refractivity contribution in [2.24, 2.45) is 0 Å². The molecule has 0 saturated heterocycles. The molecular formula is C18H15Cl2FN4OS. The molecule has 140 valence electrons. The van der Waals surface area contributed by atoms with Gasteiger partial charge in [0.25, 0.3) is 0 Å². The van der Waals surface area contributed by atoms with Gasteiger partial charge in [0.05, 0.1) is 22.0 Å². The second-order valence-corrected chi connectivity index (χ2v) is 7.28. The number of rotatable bonds is 6. The molecule has 0 radical (unpaired) electrons. The minimum atomic E-state index is -0.369. The summed E-state index contributed by atoms with van der Waals surface area (Å²) < 4.78 is 15.8. The fraction of sp³-hybridized carbons (Fsp3) is 0.167. The summed E-state index contributed by atoms with van der Waals surface area (Å²) in [6.45, 7) is 2.45. The maximum absolute atomic E-state index is 14.0. The molecular weight excluding hydrogens is 410 g/mol. The molecule has 0 aliphatic heterocycles. The van der Waals surface area contributed by atoms with E-state index in [0.717, 1.165) is 0 Å². The summed E-state index contributed by atoms with van der Waals surface area (Å²) in [6, 6.07) is 11.2. The molecule has 1 aromatic heterocycles. The quantitative estimate of drug-likeness (QED) is 0.556. The van der Waals surface area contributed by atoms with Crippen molar-refractivity contribution in [3.8, 4) is 11.4 Å². The highest BCUT2D eigenvalue weighted by molar-refractivity contribution is 7.99. The first-order valence-corrected chi connectivity index (χ1v) is 9.79. The first kappa shape index (κ1) is 19.7. The van der Waals surface area contributed by atoms with Crippen LogP contribution in [0.25, 0.3) is 11.4 Å². The molecule has 0 unspecified atom stereocenters. The Hall–Kier alpha value is -2.09. The molecule has 0 bridgehead atoms. The Morgan fingerprint density at radius 3 is 2.70 bits per heavy atom. The number of carbonyl (C=O) groups is 1. The molecule has 3 rings (SSSR count). The predicted molar refractivity (Wildman–Crippen MR) is 107 cm³/mol. The minimum absolute atomic E-state index is 0.106. The van der Waals surface area contributed by atoms with E-state index in [0.29, 0.717) is 38.8 Å². The number of amides is 1. The van der Waals surface area contributed by atoms with Gasteiger partial charge in [-0.25, -0.2) is 4.39 Å². The van der Waals surface area contributed by atoms with Crippen molar-refractivity contribution in [3.63, 3.8) is 0 Å². The van der Waals surface area contributed by atoms with Crippen LogP contribution >= 0.6 is 35.0 Å². The Kier molecular flexibility index (Phi) is 6.36. The van der Waals surface area contributed by atoms with E-state index >= 15 is 0 Å². The summed E-state index contributed by atoms with van der Waals surface area (Å²) in [6.07, 6.45) is 0. The van der Waals surface area contributed by atoms with Crippen LogP contribution in [0, 0.1) is 5.82 Å². The van der Waals surface area contributed by atoms with E-state index in [2.05, 4.69) is 15.5 Å². The number of hydrogen-bond acceptors (Lipinski definition) is 4. The number of benzene rings is 2. The van der Waals surface area contributed by atoms with Crippen LogP contribution in [0.5, 0.6) is 0 Å². The zero-order chi connectivity index (χ0) is 19.4. The molecule has 0 saturated carbocycles. The number of nitrogens with one attached hydrogen (secondary N) is 1. The molecule has 0 spiro atoms. The third-order valence-corrected chi connectivity index (χ3v) is 5.20. The third kappa shape index (κ3) is 4.61. The smallest absolute Gasteiger partial charge is 0.234 e. The number of carbonyl (C=O) groups excluding carboxylic acids is 1. The van der Waals surface area contributed by atoms with Gasteiger partial charge in [0.1, 0.15) is 5.82 Å². The second kappa shape index (κ2) is 8.73. The largest absolute Gasteiger partial charge is 0.324 e. The lowest BCUT2D eigenvalue weighted by Gasteiger charge is -2.09. The molecule has 3 aromatic rings. The first-order chi connectivity index (χ1) is 13.0. The van der Waals surface area contributed by atoms with Gasteiger partial charge in [-0.05, 0) is 37.3 Å². The number of halogens is 3. The number of nitrogens with zero attached hydrogens (tertiary/aromatic N) is 3. The minimum Gasteiger partial charge on any atom is -0.324 e. The lowest BCUT2D eigenvalue weighted by Crippen LogP contribution is -2.15. The van der Waals surface area contributed by atoms with Gasteiger partial charge in [-0.2, -0.15) is 0 Å². The van der Waals surface area contributed by atoms with Gasteiger partial charge in [0, 0.05) is 11.6 Å². The number of thioether (sulfide) groups is 1. The van der Waals surface area contributed by atoms with Gasteiger partial charge in [-0.1, -0.05) is 47.1 Å². The number of aromatic nitrogens is 3. The number of anilines is 1. The van der Waals surface area contributed by atoms with E-state index < -0.39 is 0 Å². The number of hydrogen-bond donors (Lipinski definition) is 1. The van der Waals surface area contributed by atoms with E-state index in [9.17, 15) is 9.18 Å². The summed E-state index contributed by atoms with van der Waals surface area (Å²) >= 11 is 13.1. The van der Waals surface area contributed by atoms with Crippen molar-refractivity contribution in [2.45, 2.75) is 18.6 Å². The lowest BCUT2D eigenvalue weighted by atomic mass is 10.2. The van der Waals surface area contributed by atoms with E-state index in [1.807, 2.05) is 6.92 Å². The van der Waals surface area contributed by atoms with Crippen molar-refractivity contribution in [1.82, 2.24) is 14.8 Å². The van der Waals surface area contributed by atoms with Gasteiger partial charge in [-0.3, -0.25) is 4.79 Å². The average Bonchev–Trinajstić information content (AvgIpc) is 3.05. The Bertz CT molecular complexity index is 980. The standard InChI is InChI=1S/C18H15Cl2FN4OS/c1-2-25-17(12-5-3-4-6-14(12)21)23-24-18(25)27-10-16(26)22-15-8-7-11(19)9-13(15)20/h3-9H,2,10H2,1H3,(H,22,26). The van der Waals surface area contributed by atoms with Gasteiger partial charge in [0.2, 0.25) is 5.91 Å².